The lowest BCUT2D eigenvalue weighted by molar-refractivity contribution is -0.138. The molecule has 1 aliphatic heterocycles. The fraction of sp³-hybridized carbons (Fsp3) is 0.417. The highest BCUT2D eigenvalue weighted by Crippen LogP contribution is 2.47. The first-order valence-electron chi connectivity index (χ1n) is 11.0. The Balaban J connectivity index is 1.69. The summed E-state index contributed by atoms with van der Waals surface area (Å²) in [5, 5.41) is 12.0. The summed E-state index contributed by atoms with van der Waals surface area (Å²) in [6, 6.07) is 6.54. The minimum absolute atomic E-state index is 0.108. The summed E-state index contributed by atoms with van der Waals surface area (Å²) < 4.78 is 55.5. The minimum Gasteiger partial charge on any atom is -0.347 e. The zero-order valence-electron chi connectivity index (χ0n) is 19.3. The molecule has 1 aromatic carbocycles. The molecule has 1 N–H and O–H groups in total. The lowest BCUT2D eigenvalue weighted by Crippen LogP contribution is -2.52. The van der Waals surface area contributed by atoms with E-state index < -0.39 is 40.2 Å². The van der Waals surface area contributed by atoms with Gasteiger partial charge in [-0.25, -0.2) is 9.37 Å². The fourth-order valence-electron chi connectivity index (χ4n) is 4.45. The lowest BCUT2D eigenvalue weighted by Gasteiger charge is -2.45. The van der Waals surface area contributed by atoms with E-state index in [0.717, 1.165) is 12.5 Å². The van der Waals surface area contributed by atoms with E-state index in [1.807, 2.05) is 0 Å². The van der Waals surface area contributed by atoms with E-state index in [2.05, 4.69) is 10.3 Å². The summed E-state index contributed by atoms with van der Waals surface area (Å²) in [7, 11) is 0. The van der Waals surface area contributed by atoms with Crippen LogP contribution in [0.3, 0.4) is 0 Å². The molecule has 0 bridgehead atoms. The summed E-state index contributed by atoms with van der Waals surface area (Å²) in [5.74, 6) is -1.27. The van der Waals surface area contributed by atoms with Crippen molar-refractivity contribution in [2.75, 3.05) is 16.3 Å². The molecule has 35 heavy (non-hydrogen) atoms. The van der Waals surface area contributed by atoms with Crippen molar-refractivity contribution in [3.63, 3.8) is 0 Å². The van der Waals surface area contributed by atoms with Gasteiger partial charge in [0.15, 0.2) is 10.8 Å². The summed E-state index contributed by atoms with van der Waals surface area (Å²) >= 11 is 5.65. The molecule has 1 aliphatic carbocycles. The van der Waals surface area contributed by atoms with Gasteiger partial charge >= 0.3 is 6.18 Å². The maximum atomic E-state index is 15.0. The molecular formula is C24H23F4N5OS. The van der Waals surface area contributed by atoms with Crippen molar-refractivity contribution in [2.45, 2.75) is 57.3 Å². The number of alkyl halides is 3. The number of benzene rings is 1. The van der Waals surface area contributed by atoms with Crippen molar-refractivity contribution in [1.29, 1.82) is 5.26 Å². The number of hydrogen-bond acceptors (Lipinski definition) is 4. The fourth-order valence-corrected chi connectivity index (χ4v) is 4.92. The first-order chi connectivity index (χ1) is 16.3. The van der Waals surface area contributed by atoms with Gasteiger partial charge in [0.2, 0.25) is 0 Å². The summed E-state index contributed by atoms with van der Waals surface area (Å²) in [4.78, 5) is 19.4. The summed E-state index contributed by atoms with van der Waals surface area (Å²) in [6.45, 7) is 5.66. The van der Waals surface area contributed by atoms with Crippen LogP contribution in [0.4, 0.5) is 28.9 Å². The molecule has 1 amide bonds. The third kappa shape index (κ3) is 4.55. The van der Waals surface area contributed by atoms with Crippen LogP contribution in [-0.2, 0) is 6.18 Å². The Bertz CT molecular complexity index is 1240. The van der Waals surface area contributed by atoms with Gasteiger partial charge in [-0.05, 0) is 76.5 Å². The highest BCUT2D eigenvalue weighted by atomic mass is 32.1. The number of nitrogens with one attached hydrogen (secondary N) is 1. The molecule has 2 aromatic rings. The molecule has 11 heteroatoms. The molecule has 184 valence electrons. The van der Waals surface area contributed by atoms with Crippen LogP contribution in [0, 0.1) is 17.1 Å². The van der Waals surface area contributed by atoms with Gasteiger partial charge < -0.3 is 15.1 Å². The molecule has 0 radical (unpaired) electrons. The van der Waals surface area contributed by atoms with Crippen molar-refractivity contribution in [3.05, 3.63) is 53.1 Å². The Hall–Kier alpha value is -3.26. The molecule has 4 rings (SSSR count). The monoisotopic (exact) mass is 505 g/mol. The van der Waals surface area contributed by atoms with Crippen molar-refractivity contribution < 1.29 is 22.4 Å². The molecule has 1 spiro atoms. The number of pyridine rings is 1. The van der Waals surface area contributed by atoms with Crippen molar-refractivity contribution in [3.8, 4) is 6.07 Å². The van der Waals surface area contributed by atoms with Gasteiger partial charge in [0.25, 0.3) is 5.91 Å². The van der Waals surface area contributed by atoms with Crippen LogP contribution in [-0.4, -0.2) is 33.6 Å². The molecular weight excluding hydrogens is 482 g/mol. The molecule has 1 saturated carbocycles. The van der Waals surface area contributed by atoms with Crippen LogP contribution < -0.4 is 15.1 Å². The second kappa shape index (κ2) is 8.45. The number of halogens is 4. The third-order valence-corrected chi connectivity index (χ3v) is 6.58. The highest BCUT2D eigenvalue weighted by Gasteiger charge is 2.52. The number of thiocarbonyl (C=S) groups is 1. The number of amides is 1. The van der Waals surface area contributed by atoms with Gasteiger partial charge in [0, 0.05) is 17.8 Å². The lowest BCUT2D eigenvalue weighted by atomic mass is 9.76. The number of carbonyl (C=O) groups excluding carboxylic acids is 1. The average Bonchev–Trinajstić information content (AvgIpc) is 3.05. The highest BCUT2D eigenvalue weighted by molar-refractivity contribution is 7.80. The van der Waals surface area contributed by atoms with E-state index in [9.17, 15) is 18.0 Å². The van der Waals surface area contributed by atoms with E-state index in [0.29, 0.717) is 25.1 Å². The molecule has 1 saturated heterocycles. The molecule has 0 unspecified atom stereocenters. The Kier molecular flexibility index (Phi) is 6.00. The Labute approximate surface area is 205 Å². The van der Waals surface area contributed by atoms with Crippen LogP contribution >= 0.6 is 12.2 Å². The van der Waals surface area contributed by atoms with Crippen LogP contribution in [0.5, 0.6) is 0 Å². The molecule has 2 heterocycles. The van der Waals surface area contributed by atoms with E-state index in [4.69, 9.17) is 17.5 Å². The Morgan fingerprint density at radius 2 is 1.89 bits per heavy atom. The van der Waals surface area contributed by atoms with Gasteiger partial charge in [-0.3, -0.25) is 4.79 Å². The predicted molar refractivity (Wildman–Crippen MR) is 127 cm³/mol. The number of hydrogen-bond donors (Lipinski definition) is 1. The second-order valence-electron chi connectivity index (χ2n) is 9.85. The van der Waals surface area contributed by atoms with E-state index in [1.54, 1.807) is 31.7 Å². The summed E-state index contributed by atoms with van der Waals surface area (Å²) in [6.07, 6.45) is -1.24. The van der Waals surface area contributed by atoms with Crippen LogP contribution in [0.1, 0.15) is 61.6 Å². The van der Waals surface area contributed by atoms with Crippen molar-refractivity contribution >= 4 is 34.6 Å². The number of nitrogens with zero attached hydrogens (tertiary/aromatic N) is 4. The molecule has 2 aliphatic rings. The SMILES string of the molecule is CC(C)(C)NC(=O)c1ccc(N2C(=S)N(c3cnc(C#N)c(C(F)(F)F)c3)CC23CCC3)cc1F. The van der Waals surface area contributed by atoms with E-state index in [-0.39, 0.29) is 16.4 Å². The van der Waals surface area contributed by atoms with Gasteiger partial charge in [-0.1, -0.05) is 0 Å². The van der Waals surface area contributed by atoms with Gasteiger partial charge in [0.1, 0.15) is 11.9 Å². The maximum Gasteiger partial charge on any atom is 0.419 e. The molecule has 6 nitrogen and oxygen atoms in total. The van der Waals surface area contributed by atoms with Crippen LogP contribution in [0.25, 0.3) is 0 Å². The Morgan fingerprint density at radius 1 is 1.20 bits per heavy atom. The van der Waals surface area contributed by atoms with Crippen molar-refractivity contribution in [1.82, 2.24) is 10.3 Å². The van der Waals surface area contributed by atoms with Crippen molar-refractivity contribution in [2.24, 2.45) is 0 Å². The predicted octanol–water partition coefficient (Wildman–Crippen LogP) is 5.17. The minimum atomic E-state index is -4.75. The number of carbonyl (C=O) groups is 1. The molecule has 2 fully saturated rings. The zero-order valence-corrected chi connectivity index (χ0v) is 20.1. The standard InChI is InChI=1S/C24H23F4N5OS/c1-22(2,3)31-20(34)16-6-5-14(10-18(16)25)33-21(35)32(13-23(33)7-4-8-23)15-9-17(24(26,27)28)19(11-29)30-12-15/h5-6,9-10,12H,4,7-8,13H2,1-3H3,(H,31,34). The van der Waals surface area contributed by atoms with E-state index >= 15 is 4.39 Å². The second-order valence-corrected chi connectivity index (χ2v) is 10.2. The largest absolute Gasteiger partial charge is 0.419 e. The van der Waals surface area contributed by atoms with Gasteiger partial charge in [-0.15, -0.1) is 0 Å². The first kappa shape index (κ1) is 24.9. The topological polar surface area (TPSA) is 72.3 Å². The maximum absolute atomic E-state index is 15.0. The zero-order chi connectivity index (χ0) is 25.8. The number of rotatable bonds is 3. The average molecular weight is 506 g/mol. The molecule has 0 atom stereocenters. The van der Waals surface area contributed by atoms with Gasteiger partial charge in [-0.2, -0.15) is 18.4 Å². The van der Waals surface area contributed by atoms with Gasteiger partial charge in [0.05, 0.1) is 28.6 Å². The normalized spacial score (nSPS) is 17.4. The number of anilines is 2. The Morgan fingerprint density at radius 3 is 2.40 bits per heavy atom. The number of aromatic nitrogens is 1. The number of nitriles is 1. The quantitative estimate of drug-likeness (QED) is 0.458. The summed E-state index contributed by atoms with van der Waals surface area (Å²) in [5.41, 5.74) is -2.49. The van der Waals surface area contributed by atoms with Crippen LogP contribution in [0.15, 0.2) is 30.5 Å². The third-order valence-electron chi connectivity index (χ3n) is 6.17. The molecule has 1 aromatic heterocycles. The smallest absolute Gasteiger partial charge is 0.347 e. The van der Waals surface area contributed by atoms with Crippen LogP contribution in [0.2, 0.25) is 0 Å². The van der Waals surface area contributed by atoms with E-state index in [1.165, 1.54) is 29.3 Å². The first-order valence-corrected chi connectivity index (χ1v) is 11.4.